The predicted molar refractivity (Wildman–Crippen MR) is 67.4 cm³/mol. The molecule has 1 heterocycles. The van der Waals surface area contributed by atoms with E-state index in [4.69, 9.17) is 5.84 Å². The number of hydrazine groups is 1. The molecule has 1 aromatic heterocycles. The summed E-state index contributed by atoms with van der Waals surface area (Å²) in [5.41, 5.74) is 1.88. The van der Waals surface area contributed by atoms with E-state index in [1.807, 2.05) is 0 Å². The molecule has 1 amide bonds. The number of aromatic nitrogens is 2. The average molecular weight is 262 g/mol. The van der Waals surface area contributed by atoms with Crippen LogP contribution in [-0.2, 0) is 0 Å². The second kappa shape index (κ2) is 5.14. The molecule has 0 spiro atoms. The van der Waals surface area contributed by atoms with Crippen molar-refractivity contribution in [2.75, 3.05) is 10.7 Å². The van der Waals surface area contributed by atoms with Gasteiger partial charge >= 0.3 is 0 Å². The van der Waals surface area contributed by atoms with Crippen molar-refractivity contribution in [3.63, 3.8) is 0 Å². The van der Waals surface area contributed by atoms with Gasteiger partial charge in [0.2, 0.25) is 5.95 Å². The van der Waals surface area contributed by atoms with Gasteiger partial charge < -0.3 is 10.4 Å². The first-order chi connectivity index (χ1) is 9.13. The zero-order chi connectivity index (χ0) is 13.8. The number of nitrogens with two attached hydrogens (primary N) is 1. The third kappa shape index (κ3) is 2.50. The van der Waals surface area contributed by atoms with E-state index < -0.39 is 10.8 Å². The number of nitro benzene ring substituents is 1. The van der Waals surface area contributed by atoms with E-state index in [2.05, 4.69) is 20.7 Å². The lowest BCUT2D eigenvalue weighted by Gasteiger charge is -2.08. The first kappa shape index (κ1) is 12.5. The molecule has 0 aliphatic carbocycles. The molecule has 0 fully saturated rings. The Hall–Kier alpha value is -2.94. The van der Waals surface area contributed by atoms with Gasteiger partial charge in [-0.1, -0.05) is 6.07 Å². The zero-order valence-corrected chi connectivity index (χ0v) is 9.58. The minimum atomic E-state index is -0.626. The smallest absolute Gasteiger partial charge is 0.294 e. The lowest BCUT2D eigenvalue weighted by molar-refractivity contribution is -0.384. The van der Waals surface area contributed by atoms with Gasteiger partial charge in [-0.3, -0.25) is 26.1 Å². The number of H-pyrrole nitrogens is 1. The van der Waals surface area contributed by atoms with Crippen molar-refractivity contribution < 1.29 is 9.72 Å². The van der Waals surface area contributed by atoms with E-state index in [0.29, 0.717) is 0 Å². The summed E-state index contributed by atoms with van der Waals surface area (Å²) in [7, 11) is 0. The number of nitro groups is 1. The number of hydrogen-bond acceptors (Lipinski definition) is 6. The minimum Gasteiger partial charge on any atom is -0.331 e. The first-order valence-corrected chi connectivity index (χ1v) is 5.18. The van der Waals surface area contributed by atoms with Gasteiger partial charge in [0.05, 0.1) is 10.5 Å². The molecule has 5 N–H and O–H groups in total. The van der Waals surface area contributed by atoms with Crippen molar-refractivity contribution in [2.24, 2.45) is 5.84 Å². The number of carbonyl (C=O) groups excluding carboxylic acids is 1. The van der Waals surface area contributed by atoms with Crippen molar-refractivity contribution in [3.8, 4) is 0 Å². The Morgan fingerprint density at radius 3 is 2.84 bits per heavy atom. The molecule has 9 heteroatoms. The van der Waals surface area contributed by atoms with Crippen molar-refractivity contribution in [1.29, 1.82) is 0 Å². The summed E-state index contributed by atoms with van der Waals surface area (Å²) in [6.07, 6.45) is 3.00. The minimum absolute atomic E-state index is 0.0492. The summed E-state index contributed by atoms with van der Waals surface area (Å²) < 4.78 is 0. The Balaban J connectivity index is 2.36. The van der Waals surface area contributed by atoms with Gasteiger partial charge in [0.15, 0.2) is 0 Å². The lowest BCUT2D eigenvalue weighted by atomic mass is 10.1. The average Bonchev–Trinajstić information content (AvgIpc) is 2.90. The van der Waals surface area contributed by atoms with E-state index in [1.54, 1.807) is 0 Å². The molecule has 1 aromatic carbocycles. The molecule has 9 nitrogen and oxygen atoms in total. The van der Waals surface area contributed by atoms with Gasteiger partial charge in [0, 0.05) is 18.5 Å². The van der Waals surface area contributed by atoms with Gasteiger partial charge in [-0.25, -0.2) is 4.98 Å². The van der Waals surface area contributed by atoms with Crippen LogP contribution in [0.15, 0.2) is 30.6 Å². The van der Waals surface area contributed by atoms with Gasteiger partial charge in [-0.05, 0) is 6.07 Å². The Bertz CT molecular complexity index is 610. The molecule has 2 rings (SSSR count). The van der Waals surface area contributed by atoms with Crippen LogP contribution in [0.25, 0.3) is 0 Å². The fourth-order valence-electron chi connectivity index (χ4n) is 1.54. The number of rotatable bonds is 4. The van der Waals surface area contributed by atoms with Crippen LogP contribution in [0.2, 0.25) is 0 Å². The highest BCUT2D eigenvalue weighted by Crippen LogP contribution is 2.27. The molecule has 0 saturated carbocycles. The number of anilines is 2. The maximum absolute atomic E-state index is 12.0. The molecule has 0 unspecified atom stereocenters. The van der Waals surface area contributed by atoms with Crippen molar-refractivity contribution in [1.82, 2.24) is 9.97 Å². The molecule has 0 aliphatic rings. The molecule has 0 radical (unpaired) electrons. The summed E-state index contributed by atoms with van der Waals surface area (Å²) in [6.45, 7) is 0. The van der Waals surface area contributed by atoms with E-state index in [0.717, 1.165) is 0 Å². The molecule has 0 atom stereocenters. The summed E-state index contributed by atoms with van der Waals surface area (Å²) in [5.74, 6) is 4.91. The second-order valence-electron chi connectivity index (χ2n) is 3.49. The van der Waals surface area contributed by atoms with Crippen molar-refractivity contribution >= 4 is 23.2 Å². The van der Waals surface area contributed by atoms with Gasteiger partial charge in [-0.2, -0.15) is 0 Å². The summed E-state index contributed by atoms with van der Waals surface area (Å²) in [5, 5.41) is 13.3. The number of aromatic amines is 1. The van der Waals surface area contributed by atoms with Crippen LogP contribution in [0.3, 0.4) is 0 Å². The molecule has 0 bridgehead atoms. The fourth-order valence-corrected chi connectivity index (χ4v) is 1.54. The third-order valence-electron chi connectivity index (χ3n) is 2.36. The van der Waals surface area contributed by atoms with Crippen molar-refractivity contribution in [2.45, 2.75) is 0 Å². The number of nitrogens with zero attached hydrogens (tertiary/aromatic N) is 2. The zero-order valence-electron chi connectivity index (χ0n) is 9.58. The van der Waals surface area contributed by atoms with Crippen LogP contribution in [0, 0.1) is 10.1 Å². The number of benzene rings is 1. The van der Waals surface area contributed by atoms with Crippen LogP contribution in [0.5, 0.6) is 0 Å². The maximum Gasteiger partial charge on any atom is 0.294 e. The highest BCUT2D eigenvalue weighted by molar-refractivity contribution is 6.08. The molecule has 0 saturated heterocycles. The normalized spacial score (nSPS) is 9.95. The van der Waals surface area contributed by atoms with Crippen LogP contribution in [0.4, 0.5) is 17.3 Å². The topological polar surface area (TPSA) is 139 Å². The lowest BCUT2D eigenvalue weighted by Crippen LogP contribution is -2.18. The maximum atomic E-state index is 12.0. The van der Waals surface area contributed by atoms with Crippen LogP contribution >= 0.6 is 0 Å². The molecular weight excluding hydrogens is 252 g/mol. The molecule has 2 aromatic rings. The summed E-state index contributed by atoms with van der Waals surface area (Å²) in [6, 6.07) is 4.06. The second-order valence-corrected chi connectivity index (χ2v) is 3.49. The molecule has 98 valence electrons. The molecule has 0 aliphatic heterocycles. The first-order valence-electron chi connectivity index (χ1n) is 5.18. The quantitative estimate of drug-likeness (QED) is 0.366. The SMILES string of the molecule is NNc1c(C(=O)Nc2ncc[nH]2)cccc1[N+](=O)[O-]. The van der Waals surface area contributed by atoms with Gasteiger partial charge in [-0.15, -0.1) is 0 Å². The fraction of sp³-hybridized carbons (Fsp3) is 0. The number of amides is 1. The molecule has 19 heavy (non-hydrogen) atoms. The van der Waals surface area contributed by atoms with Crippen LogP contribution in [-0.4, -0.2) is 20.8 Å². The number of nitrogens with one attached hydrogen (secondary N) is 3. The number of imidazole rings is 1. The van der Waals surface area contributed by atoms with E-state index >= 15 is 0 Å². The van der Waals surface area contributed by atoms with E-state index in [1.165, 1.54) is 30.6 Å². The Morgan fingerprint density at radius 1 is 1.47 bits per heavy atom. The highest BCUT2D eigenvalue weighted by Gasteiger charge is 2.21. The highest BCUT2D eigenvalue weighted by atomic mass is 16.6. The van der Waals surface area contributed by atoms with Crippen molar-refractivity contribution in [3.05, 3.63) is 46.3 Å². The number of carbonyl (C=O) groups is 1. The predicted octanol–water partition coefficient (Wildman–Crippen LogP) is 0.856. The Kier molecular flexibility index (Phi) is 3.39. The Morgan fingerprint density at radius 2 is 2.26 bits per heavy atom. The van der Waals surface area contributed by atoms with Crippen LogP contribution in [0.1, 0.15) is 10.4 Å². The van der Waals surface area contributed by atoms with E-state index in [-0.39, 0.29) is 22.9 Å². The van der Waals surface area contributed by atoms with Gasteiger partial charge in [0.25, 0.3) is 11.6 Å². The summed E-state index contributed by atoms with van der Waals surface area (Å²) >= 11 is 0. The molecular formula is C10H10N6O3. The standard InChI is InChI=1S/C10H10N6O3/c11-15-8-6(2-1-3-7(8)16(18)19)9(17)14-10-12-4-5-13-10/h1-5,15H,11H2,(H2,12,13,14,17). The third-order valence-corrected chi connectivity index (χ3v) is 2.36. The monoisotopic (exact) mass is 262 g/mol. The van der Waals surface area contributed by atoms with Gasteiger partial charge in [0.1, 0.15) is 5.69 Å². The van der Waals surface area contributed by atoms with Crippen LogP contribution < -0.4 is 16.6 Å². The number of nitrogen functional groups attached to an aromatic ring is 1. The number of para-hydroxylation sites is 1. The largest absolute Gasteiger partial charge is 0.331 e. The van der Waals surface area contributed by atoms with E-state index in [9.17, 15) is 14.9 Å². The Labute approximate surface area is 107 Å². The summed E-state index contributed by atoms with van der Waals surface area (Å²) in [4.78, 5) is 28.7. The number of hydrogen-bond donors (Lipinski definition) is 4.